The van der Waals surface area contributed by atoms with Gasteiger partial charge in [-0.05, 0) is 30.7 Å². The van der Waals surface area contributed by atoms with Gasteiger partial charge in [0.2, 0.25) is 0 Å². The number of halogens is 3. The Kier molecular flexibility index (Phi) is 4.97. The monoisotopic (exact) mass is 365 g/mol. The van der Waals surface area contributed by atoms with E-state index in [1.807, 2.05) is 4.90 Å². The van der Waals surface area contributed by atoms with Gasteiger partial charge in [0.15, 0.2) is 0 Å². The van der Waals surface area contributed by atoms with Crippen LogP contribution in [0.4, 0.5) is 24.7 Å². The smallest absolute Gasteiger partial charge is 0.370 e. The summed E-state index contributed by atoms with van der Waals surface area (Å²) in [4.78, 5) is 23.2. The minimum atomic E-state index is -4.39. The van der Waals surface area contributed by atoms with Gasteiger partial charge in [0, 0.05) is 44.3 Å². The molecule has 2 aromatic heterocycles. The SMILES string of the molecule is NC(=O)c1cc(N2CCCN(c3ccc(C(F)(F)F)cn3)CC2)ccn1. The lowest BCUT2D eigenvalue weighted by Crippen LogP contribution is -2.31. The van der Waals surface area contributed by atoms with Crippen molar-refractivity contribution in [1.29, 1.82) is 0 Å². The van der Waals surface area contributed by atoms with Gasteiger partial charge < -0.3 is 15.5 Å². The fraction of sp³-hybridized carbons (Fsp3) is 0.353. The molecule has 1 aliphatic rings. The Morgan fingerprint density at radius 3 is 2.42 bits per heavy atom. The maximum Gasteiger partial charge on any atom is 0.417 e. The Morgan fingerprint density at radius 2 is 1.77 bits per heavy atom. The maximum atomic E-state index is 12.7. The van der Waals surface area contributed by atoms with Crippen LogP contribution in [0.3, 0.4) is 0 Å². The molecule has 138 valence electrons. The number of nitrogens with two attached hydrogens (primary N) is 1. The minimum absolute atomic E-state index is 0.202. The van der Waals surface area contributed by atoms with E-state index in [1.54, 1.807) is 12.1 Å². The van der Waals surface area contributed by atoms with E-state index in [0.717, 1.165) is 30.9 Å². The van der Waals surface area contributed by atoms with Gasteiger partial charge >= 0.3 is 6.18 Å². The number of amides is 1. The highest BCUT2D eigenvalue weighted by atomic mass is 19.4. The van der Waals surface area contributed by atoms with Crippen LogP contribution >= 0.6 is 0 Å². The normalized spacial score (nSPS) is 15.7. The molecule has 0 saturated carbocycles. The molecule has 0 atom stereocenters. The van der Waals surface area contributed by atoms with E-state index in [1.165, 1.54) is 12.3 Å². The fourth-order valence-electron chi connectivity index (χ4n) is 2.90. The van der Waals surface area contributed by atoms with E-state index in [4.69, 9.17) is 5.73 Å². The van der Waals surface area contributed by atoms with Gasteiger partial charge in [-0.2, -0.15) is 13.2 Å². The zero-order valence-electron chi connectivity index (χ0n) is 13.9. The summed E-state index contributed by atoms with van der Waals surface area (Å²) < 4.78 is 38.0. The van der Waals surface area contributed by atoms with Crippen LogP contribution in [0.25, 0.3) is 0 Å². The van der Waals surface area contributed by atoms with Crippen molar-refractivity contribution >= 4 is 17.4 Å². The van der Waals surface area contributed by atoms with Gasteiger partial charge in [0.05, 0.1) is 5.56 Å². The van der Waals surface area contributed by atoms with Crippen molar-refractivity contribution in [3.63, 3.8) is 0 Å². The molecule has 6 nitrogen and oxygen atoms in total. The molecule has 1 saturated heterocycles. The molecule has 0 aromatic carbocycles. The summed E-state index contributed by atoms with van der Waals surface area (Å²) in [5.41, 5.74) is 5.56. The number of aromatic nitrogens is 2. The largest absolute Gasteiger partial charge is 0.417 e. The topological polar surface area (TPSA) is 75.4 Å². The maximum absolute atomic E-state index is 12.7. The van der Waals surface area contributed by atoms with Crippen molar-refractivity contribution in [2.75, 3.05) is 36.0 Å². The third-order valence-electron chi connectivity index (χ3n) is 4.26. The molecule has 1 aliphatic heterocycles. The van der Waals surface area contributed by atoms with Crippen LogP contribution in [0.1, 0.15) is 22.5 Å². The molecular formula is C17H18F3N5O. The molecule has 0 aliphatic carbocycles. The summed E-state index contributed by atoms with van der Waals surface area (Å²) in [7, 11) is 0. The standard InChI is InChI=1S/C17H18F3N5O/c18-17(19,20)12-2-3-15(23-11-12)25-7-1-6-24(8-9-25)13-4-5-22-14(10-13)16(21)26/h2-5,10-11H,1,6-9H2,(H2,21,26). The number of pyridine rings is 2. The van der Waals surface area contributed by atoms with Crippen molar-refractivity contribution < 1.29 is 18.0 Å². The number of nitrogens with zero attached hydrogens (tertiary/aromatic N) is 4. The van der Waals surface area contributed by atoms with Crippen LogP contribution < -0.4 is 15.5 Å². The van der Waals surface area contributed by atoms with Crippen molar-refractivity contribution in [1.82, 2.24) is 9.97 Å². The quantitative estimate of drug-likeness (QED) is 0.903. The van der Waals surface area contributed by atoms with E-state index < -0.39 is 17.6 Å². The van der Waals surface area contributed by atoms with E-state index in [9.17, 15) is 18.0 Å². The molecule has 2 N–H and O–H groups in total. The minimum Gasteiger partial charge on any atom is -0.370 e. The Morgan fingerprint density at radius 1 is 1.04 bits per heavy atom. The third-order valence-corrected chi connectivity index (χ3v) is 4.26. The summed E-state index contributed by atoms with van der Waals surface area (Å²) in [6, 6.07) is 5.90. The first kappa shape index (κ1) is 18.0. The number of alkyl halides is 3. The number of anilines is 2. The zero-order valence-corrected chi connectivity index (χ0v) is 13.9. The molecule has 2 aromatic rings. The third kappa shape index (κ3) is 4.04. The second-order valence-electron chi connectivity index (χ2n) is 5.99. The number of hydrogen-bond acceptors (Lipinski definition) is 5. The number of carbonyl (C=O) groups is 1. The predicted octanol–water partition coefficient (Wildman–Crippen LogP) is 2.31. The van der Waals surface area contributed by atoms with Crippen molar-refractivity contribution in [3.05, 3.63) is 47.9 Å². The highest BCUT2D eigenvalue weighted by Gasteiger charge is 2.31. The first-order valence-electron chi connectivity index (χ1n) is 8.13. The van der Waals surface area contributed by atoms with Crippen LogP contribution in [-0.4, -0.2) is 42.1 Å². The van der Waals surface area contributed by atoms with Crippen LogP contribution in [0.2, 0.25) is 0 Å². The molecule has 0 radical (unpaired) electrons. The summed E-state index contributed by atoms with van der Waals surface area (Å²) in [6.07, 6.45) is -1.19. The van der Waals surface area contributed by atoms with Crippen LogP contribution in [0.5, 0.6) is 0 Å². The first-order valence-corrected chi connectivity index (χ1v) is 8.13. The molecule has 0 unspecified atom stereocenters. The second-order valence-corrected chi connectivity index (χ2v) is 5.99. The summed E-state index contributed by atoms with van der Waals surface area (Å²) >= 11 is 0. The van der Waals surface area contributed by atoms with Crippen molar-refractivity contribution in [2.45, 2.75) is 12.6 Å². The Hall–Kier alpha value is -2.84. The lowest BCUT2D eigenvalue weighted by atomic mass is 10.2. The summed E-state index contributed by atoms with van der Waals surface area (Å²) in [5, 5.41) is 0. The highest BCUT2D eigenvalue weighted by Crippen LogP contribution is 2.29. The fourth-order valence-corrected chi connectivity index (χ4v) is 2.90. The molecule has 26 heavy (non-hydrogen) atoms. The molecule has 0 spiro atoms. The molecule has 0 bridgehead atoms. The van der Waals surface area contributed by atoms with Gasteiger partial charge in [-0.15, -0.1) is 0 Å². The average Bonchev–Trinajstić information content (AvgIpc) is 2.87. The molecule has 3 rings (SSSR count). The van der Waals surface area contributed by atoms with E-state index in [-0.39, 0.29) is 5.69 Å². The highest BCUT2D eigenvalue weighted by molar-refractivity contribution is 5.91. The predicted molar refractivity (Wildman–Crippen MR) is 91.0 cm³/mol. The van der Waals surface area contributed by atoms with Crippen LogP contribution in [0, 0.1) is 0 Å². The summed E-state index contributed by atoms with van der Waals surface area (Å²) in [6.45, 7) is 2.68. The number of rotatable bonds is 3. The van der Waals surface area contributed by atoms with Gasteiger partial charge in [0.25, 0.3) is 5.91 Å². The van der Waals surface area contributed by atoms with Gasteiger partial charge in [-0.3, -0.25) is 9.78 Å². The van der Waals surface area contributed by atoms with Crippen LogP contribution in [0.15, 0.2) is 36.7 Å². The number of hydrogen-bond donors (Lipinski definition) is 1. The van der Waals surface area contributed by atoms with Crippen molar-refractivity contribution in [2.24, 2.45) is 5.73 Å². The Labute approximate surface area is 148 Å². The molecule has 1 amide bonds. The van der Waals surface area contributed by atoms with Gasteiger partial charge in [-0.25, -0.2) is 4.98 Å². The van der Waals surface area contributed by atoms with Crippen molar-refractivity contribution in [3.8, 4) is 0 Å². The van der Waals surface area contributed by atoms with E-state index >= 15 is 0 Å². The second kappa shape index (κ2) is 7.19. The number of primary amides is 1. The first-order chi connectivity index (χ1) is 12.3. The Bertz CT molecular complexity index is 779. The molecular weight excluding hydrogens is 347 g/mol. The van der Waals surface area contributed by atoms with Gasteiger partial charge in [0.1, 0.15) is 11.5 Å². The van der Waals surface area contributed by atoms with E-state index in [2.05, 4.69) is 14.9 Å². The van der Waals surface area contributed by atoms with Gasteiger partial charge in [-0.1, -0.05) is 0 Å². The zero-order chi connectivity index (χ0) is 18.7. The average molecular weight is 365 g/mol. The lowest BCUT2D eigenvalue weighted by Gasteiger charge is -2.24. The number of carbonyl (C=O) groups excluding carboxylic acids is 1. The lowest BCUT2D eigenvalue weighted by molar-refractivity contribution is -0.137. The Balaban J connectivity index is 1.70. The van der Waals surface area contributed by atoms with Crippen LogP contribution in [-0.2, 0) is 6.18 Å². The van der Waals surface area contributed by atoms with E-state index in [0.29, 0.717) is 25.5 Å². The molecule has 9 heteroatoms. The molecule has 1 fully saturated rings. The summed E-state index contributed by atoms with van der Waals surface area (Å²) in [5.74, 6) is -0.0651. The molecule has 3 heterocycles.